The van der Waals surface area contributed by atoms with Crippen LogP contribution in [0.3, 0.4) is 0 Å². The predicted octanol–water partition coefficient (Wildman–Crippen LogP) is 0.845. The second kappa shape index (κ2) is 3.29. The van der Waals surface area contributed by atoms with Crippen LogP contribution in [-0.4, -0.2) is 18.2 Å². The van der Waals surface area contributed by atoms with Gasteiger partial charge in [0.1, 0.15) is 5.60 Å². The van der Waals surface area contributed by atoms with Crippen LogP contribution in [0.1, 0.15) is 12.6 Å². The van der Waals surface area contributed by atoms with Gasteiger partial charge in [0.15, 0.2) is 0 Å². The second-order valence-corrected chi connectivity index (χ2v) is 3.14. The molecule has 1 atom stereocenters. The maximum atomic E-state index is 5.64. The molecule has 1 rings (SSSR count). The van der Waals surface area contributed by atoms with Crippen molar-refractivity contribution in [3.8, 4) is 0 Å². The van der Waals surface area contributed by atoms with Crippen LogP contribution in [-0.2, 0) is 17.4 Å². The predicted molar refractivity (Wildman–Crippen MR) is 48.8 cm³/mol. The Morgan fingerprint density at radius 1 is 1.67 bits per heavy atom. The quantitative estimate of drug-likeness (QED) is 0.726. The Labute approximate surface area is 73.1 Å². The van der Waals surface area contributed by atoms with Gasteiger partial charge in [-0.15, -0.1) is 0 Å². The van der Waals surface area contributed by atoms with Crippen LogP contribution in [0, 0.1) is 0 Å². The summed E-state index contributed by atoms with van der Waals surface area (Å²) in [5, 5.41) is 0. The maximum Gasteiger partial charge on any atom is 0.117 e. The Kier molecular flexibility index (Phi) is 2.55. The maximum absolute atomic E-state index is 5.64. The average Bonchev–Trinajstić information content (AvgIpc) is 2.51. The monoisotopic (exact) mass is 168 g/mol. The highest BCUT2D eigenvalue weighted by atomic mass is 16.5. The summed E-state index contributed by atoms with van der Waals surface area (Å²) >= 11 is 0. The first-order valence-electron chi connectivity index (χ1n) is 4.01. The molecule has 0 radical (unpaired) electrons. The molecule has 0 amide bonds. The van der Waals surface area contributed by atoms with Gasteiger partial charge >= 0.3 is 0 Å². The van der Waals surface area contributed by atoms with Crippen LogP contribution in [0.25, 0.3) is 0 Å². The number of nitrogens with two attached hydrogens (primary N) is 1. The van der Waals surface area contributed by atoms with E-state index in [0.717, 1.165) is 5.69 Å². The Balaban J connectivity index is 3.02. The lowest BCUT2D eigenvalue weighted by molar-refractivity contribution is 0.00418. The van der Waals surface area contributed by atoms with Gasteiger partial charge in [0.05, 0.1) is 5.69 Å². The molecular weight excluding hydrogens is 152 g/mol. The molecule has 0 aromatic carbocycles. The lowest BCUT2D eigenvalue weighted by atomic mass is 10.0. The fourth-order valence-electron chi connectivity index (χ4n) is 1.30. The number of aromatic nitrogens is 1. The van der Waals surface area contributed by atoms with Crippen LogP contribution in [0.15, 0.2) is 18.3 Å². The first kappa shape index (κ1) is 9.29. The standard InChI is InChI=1S/C9H16N2O/c1-9(7-10,12-3)8-5-4-6-11(8)2/h4-6H,7,10H2,1-3H3. The Bertz CT molecular complexity index is 251. The molecule has 1 aromatic rings. The summed E-state index contributed by atoms with van der Waals surface area (Å²) in [7, 11) is 3.67. The number of hydrogen-bond acceptors (Lipinski definition) is 2. The van der Waals surface area contributed by atoms with Gasteiger partial charge < -0.3 is 15.0 Å². The van der Waals surface area contributed by atoms with E-state index in [-0.39, 0.29) is 5.60 Å². The van der Waals surface area contributed by atoms with E-state index >= 15 is 0 Å². The van der Waals surface area contributed by atoms with E-state index in [4.69, 9.17) is 10.5 Å². The van der Waals surface area contributed by atoms with Crippen LogP contribution < -0.4 is 5.73 Å². The summed E-state index contributed by atoms with van der Waals surface area (Å²) in [6.07, 6.45) is 1.99. The first-order valence-corrected chi connectivity index (χ1v) is 4.01. The SMILES string of the molecule is COC(C)(CN)c1cccn1C. The van der Waals surface area contributed by atoms with E-state index in [2.05, 4.69) is 0 Å². The molecule has 0 fully saturated rings. The van der Waals surface area contributed by atoms with Gasteiger partial charge in [0.2, 0.25) is 0 Å². The van der Waals surface area contributed by atoms with Crippen molar-refractivity contribution < 1.29 is 4.74 Å². The molecule has 3 heteroatoms. The summed E-state index contributed by atoms with van der Waals surface area (Å²) in [6.45, 7) is 2.48. The van der Waals surface area contributed by atoms with E-state index in [1.807, 2.05) is 36.9 Å². The van der Waals surface area contributed by atoms with Crippen molar-refractivity contribution in [2.24, 2.45) is 12.8 Å². The zero-order chi connectivity index (χ0) is 9.19. The van der Waals surface area contributed by atoms with Crippen LogP contribution in [0.5, 0.6) is 0 Å². The largest absolute Gasteiger partial charge is 0.371 e. The number of hydrogen-bond donors (Lipinski definition) is 1. The van der Waals surface area contributed by atoms with E-state index < -0.39 is 0 Å². The topological polar surface area (TPSA) is 40.2 Å². The number of ether oxygens (including phenoxy) is 1. The third kappa shape index (κ3) is 1.38. The molecule has 0 aliphatic rings. The first-order chi connectivity index (χ1) is 5.64. The molecule has 0 saturated heterocycles. The van der Waals surface area contributed by atoms with Gasteiger partial charge in [0, 0.05) is 26.9 Å². The van der Waals surface area contributed by atoms with Crippen LogP contribution in [0.2, 0.25) is 0 Å². The average molecular weight is 168 g/mol. The zero-order valence-corrected chi connectivity index (χ0v) is 7.87. The Morgan fingerprint density at radius 2 is 2.33 bits per heavy atom. The fourth-order valence-corrected chi connectivity index (χ4v) is 1.30. The Morgan fingerprint density at radius 3 is 2.67 bits per heavy atom. The summed E-state index contributed by atoms with van der Waals surface area (Å²) in [6, 6.07) is 4.01. The normalized spacial score (nSPS) is 16.0. The second-order valence-electron chi connectivity index (χ2n) is 3.14. The highest BCUT2D eigenvalue weighted by molar-refractivity contribution is 5.15. The fraction of sp³-hybridized carbons (Fsp3) is 0.556. The third-order valence-electron chi connectivity index (χ3n) is 2.33. The van der Waals surface area contributed by atoms with Crippen molar-refractivity contribution in [3.05, 3.63) is 24.0 Å². The lowest BCUT2D eigenvalue weighted by Gasteiger charge is -2.27. The number of rotatable bonds is 3. The number of methoxy groups -OCH3 is 1. The van der Waals surface area contributed by atoms with Gasteiger partial charge in [-0.25, -0.2) is 0 Å². The molecule has 0 aliphatic heterocycles. The van der Waals surface area contributed by atoms with Crippen molar-refractivity contribution in [3.63, 3.8) is 0 Å². The minimum absolute atomic E-state index is 0.363. The molecule has 0 bridgehead atoms. The van der Waals surface area contributed by atoms with Gasteiger partial charge in [-0.3, -0.25) is 0 Å². The summed E-state index contributed by atoms with van der Waals surface area (Å²) in [5.41, 5.74) is 6.38. The van der Waals surface area contributed by atoms with Crippen molar-refractivity contribution in [2.45, 2.75) is 12.5 Å². The van der Waals surface area contributed by atoms with E-state index in [0.29, 0.717) is 6.54 Å². The molecule has 68 valence electrons. The number of aryl methyl sites for hydroxylation is 1. The molecule has 0 aliphatic carbocycles. The Hall–Kier alpha value is -0.800. The smallest absolute Gasteiger partial charge is 0.117 e. The van der Waals surface area contributed by atoms with Gasteiger partial charge in [-0.2, -0.15) is 0 Å². The van der Waals surface area contributed by atoms with Crippen molar-refractivity contribution >= 4 is 0 Å². The van der Waals surface area contributed by atoms with Crippen molar-refractivity contribution in [2.75, 3.05) is 13.7 Å². The molecule has 1 heterocycles. The molecule has 0 spiro atoms. The van der Waals surface area contributed by atoms with Gasteiger partial charge in [-0.1, -0.05) is 0 Å². The minimum atomic E-state index is -0.363. The summed E-state index contributed by atoms with van der Waals surface area (Å²) in [5.74, 6) is 0. The van der Waals surface area contributed by atoms with Crippen molar-refractivity contribution in [1.29, 1.82) is 0 Å². The van der Waals surface area contributed by atoms with Crippen LogP contribution >= 0.6 is 0 Å². The highest BCUT2D eigenvalue weighted by Crippen LogP contribution is 2.22. The summed E-state index contributed by atoms with van der Waals surface area (Å²) in [4.78, 5) is 0. The molecule has 2 N–H and O–H groups in total. The molecule has 3 nitrogen and oxygen atoms in total. The highest BCUT2D eigenvalue weighted by Gasteiger charge is 2.26. The lowest BCUT2D eigenvalue weighted by Crippen LogP contribution is -2.35. The van der Waals surface area contributed by atoms with E-state index in [9.17, 15) is 0 Å². The summed E-state index contributed by atoms with van der Waals surface area (Å²) < 4.78 is 7.39. The van der Waals surface area contributed by atoms with Gasteiger partial charge in [0.25, 0.3) is 0 Å². The van der Waals surface area contributed by atoms with Crippen molar-refractivity contribution in [1.82, 2.24) is 4.57 Å². The molecule has 1 aromatic heterocycles. The third-order valence-corrected chi connectivity index (χ3v) is 2.33. The molecule has 1 unspecified atom stereocenters. The molecule has 0 saturated carbocycles. The minimum Gasteiger partial charge on any atom is -0.371 e. The van der Waals surface area contributed by atoms with Gasteiger partial charge in [-0.05, 0) is 19.1 Å². The van der Waals surface area contributed by atoms with E-state index in [1.54, 1.807) is 7.11 Å². The molecular formula is C9H16N2O. The zero-order valence-electron chi connectivity index (χ0n) is 7.87. The molecule has 12 heavy (non-hydrogen) atoms. The number of nitrogens with zero attached hydrogens (tertiary/aromatic N) is 1. The van der Waals surface area contributed by atoms with Crippen LogP contribution in [0.4, 0.5) is 0 Å². The van der Waals surface area contributed by atoms with E-state index in [1.165, 1.54) is 0 Å².